The van der Waals surface area contributed by atoms with Gasteiger partial charge in [-0.3, -0.25) is 9.78 Å². The van der Waals surface area contributed by atoms with Gasteiger partial charge in [0.25, 0.3) is 0 Å². The smallest absolute Gasteiger partial charge is 0.314 e. The van der Waals surface area contributed by atoms with Crippen LogP contribution in [0.5, 0.6) is 0 Å². The van der Waals surface area contributed by atoms with Crippen molar-refractivity contribution in [3.63, 3.8) is 0 Å². The Bertz CT molecular complexity index is 1050. The number of benzene rings is 2. The predicted octanol–water partition coefficient (Wildman–Crippen LogP) is 6.32. The molecule has 0 spiro atoms. The Morgan fingerprint density at radius 1 is 0.872 bits per heavy atom. The second-order valence-electron chi connectivity index (χ2n) is 8.87. The third-order valence-corrected chi connectivity index (χ3v) is 6.21. The van der Waals surface area contributed by atoms with Crippen molar-refractivity contribution >= 4 is 24.6 Å². The van der Waals surface area contributed by atoms with Gasteiger partial charge in [-0.1, -0.05) is 80.6 Å². The van der Waals surface area contributed by atoms with E-state index in [2.05, 4.69) is 28.2 Å². The Labute approximate surface area is 241 Å². The van der Waals surface area contributed by atoms with Crippen molar-refractivity contribution < 1.29 is 9.59 Å². The number of urea groups is 1. The molecule has 0 aliphatic heterocycles. The van der Waals surface area contributed by atoms with Crippen molar-refractivity contribution in [1.82, 2.24) is 20.5 Å². The molecule has 3 amide bonds. The quantitative estimate of drug-likeness (QED) is 0.245. The molecule has 0 aliphatic carbocycles. The van der Waals surface area contributed by atoms with E-state index in [9.17, 15) is 9.59 Å². The van der Waals surface area contributed by atoms with Crippen LogP contribution in [0.2, 0.25) is 0 Å². The highest BCUT2D eigenvalue weighted by atomic mass is 32.1. The molecule has 2 aromatic carbocycles. The number of hydrogen-bond acceptors (Lipinski definition) is 4. The van der Waals surface area contributed by atoms with Gasteiger partial charge in [0.05, 0.1) is 5.92 Å². The molecule has 6 nitrogen and oxygen atoms in total. The lowest BCUT2D eigenvalue weighted by molar-refractivity contribution is -0.134. The second-order valence-corrected chi connectivity index (χ2v) is 8.87. The third-order valence-electron chi connectivity index (χ3n) is 6.21. The van der Waals surface area contributed by atoms with E-state index >= 15 is 0 Å². The zero-order valence-corrected chi connectivity index (χ0v) is 25.2. The van der Waals surface area contributed by atoms with Crippen LogP contribution in [-0.2, 0) is 11.2 Å². The minimum Gasteiger partial charge on any atom is -0.340 e. The van der Waals surface area contributed by atoms with E-state index in [0.29, 0.717) is 19.6 Å². The van der Waals surface area contributed by atoms with Gasteiger partial charge in [0.15, 0.2) is 0 Å². The van der Waals surface area contributed by atoms with Gasteiger partial charge in [0, 0.05) is 44.0 Å². The number of likely N-dealkylation sites (N-methyl/N-ethyl adjacent to an activating group) is 1. The molecule has 0 bridgehead atoms. The van der Waals surface area contributed by atoms with Gasteiger partial charge in [0.1, 0.15) is 0 Å². The predicted molar refractivity (Wildman–Crippen MR) is 166 cm³/mol. The second kappa shape index (κ2) is 19.7. The maximum absolute atomic E-state index is 13.9. The molecule has 0 radical (unpaired) electrons. The number of carbonyl (C=O) groups is 2. The van der Waals surface area contributed by atoms with Crippen molar-refractivity contribution in [2.24, 2.45) is 0 Å². The molecule has 2 atom stereocenters. The SMILES string of the molecule is CC.CCN(C(=O)C(c1cccnc1)C(CNC(=O)NCCc1ccccc1)c1ccccc1)C(C)C.CS. The lowest BCUT2D eigenvalue weighted by atomic mass is 9.80. The standard InChI is InChI=1S/C29H36N4O2.C2H6.CH4S/c1-4-33(22(2)3)28(34)27(25-16-11-18-30-20-25)26(24-14-9-6-10-15-24)21-32-29(35)31-19-17-23-12-7-5-8-13-23;2*1-2/h5-16,18,20,22,26-27H,4,17,19,21H2,1-3H3,(H2,31,32,35);1-2H3;2H,1H3. The van der Waals surface area contributed by atoms with Gasteiger partial charge >= 0.3 is 6.03 Å². The van der Waals surface area contributed by atoms with E-state index < -0.39 is 5.92 Å². The van der Waals surface area contributed by atoms with E-state index in [-0.39, 0.29) is 23.9 Å². The molecule has 3 aromatic rings. The van der Waals surface area contributed by atoms with Gasteiger partial charge < -0.3 is 15.5 Å². The molecule has 0 fully saturated rings. The minimum atomic E-state index is -0.474. The number of aromatic nitrogens is 1. The third kappa shape index (κ3) is 11.1. The fourth-order valence-corrected chi connectivity index (χ4v) is 4.42. The maximum atomic E-state index is 13.9. The van der Waals surface area contributed by atoms with Crippen LogP contribution >= 0.6 is 12.6 Å². The number of nitrogens with one attached hydrogen (secondary N) is 2. The summed E-state index contributed by atoms with van der Waals surface area (Å²) in [6, 6.07) is 23.6. The Hall–Kier alpha value is -3.32. The number of amides is 3. The van der Waals surface area contributed by atoms with Crippen LogP contribution in [-0.4, -0.2) is 53.8 Å². The fourth-order valence-electron chi connectivity index (χ4n) is 4.42. The number of pyridine rings is 1. The molecule has 212 valence electrons. The molecular formula is C32H46N4O2S. The van der Waals surface area contributed by atoms with Gasteiger partial charge in [-0.25, -0.2) is 4.79 Å². The van der Waals surface area contributed by atoms with Crippen LogP contribution < -0.4 is 10.6 Å². The number of rotatable bonds is 11. The Balaban J connectivity index is 0.00000181. The minimum absolute atomic E-state index is 0.0376. The molecule has 1 heterocycles. The maximum Gasteiger partial charge on any atom is 0.314 e. The van der Waals surface area contributed by atoms with E-state index in [1.165, 1.54) is 5.56 Å². The van der Waals surface area contributed by atoms with Gasteiger partial charge in [-0.2, -0.15) is 12.6 Å². The Morgan fingerprint density at radius 2 is 1.46 bits per heavy atom. The molecule has 0 saturated carbocycles. The summed E-state index contributed by atoms with van der Waals surface area (Å²) >= 11 is 3.53. The first-order valence-corrected chi connectivity index (χ1v) is 14.7. The van der Waals surface area contributed by atoms with Crippen molar-refractivity contribution in [2.45, 2.75) is 58.9 Å². The molecule has 1 aromatic heterocycles. The van der Waals surface area contributed by atoms with Crippen LogP contribution in [0.1, 0.15) is 63.1 Å². The summed E-state index contributed by atoms with van der Waals surface area (Å²) in [5.74, 6) is -0.686. The average molecular weight is 551 g/mol. The van der Waals surface area contributed by atoms with E-state index in [0.717, 1.165) is 17.5 Å². The van der Waals surface area contributed by atoms with Gasteiger partial charge in [-0.15, -0.1) is 0 Å². The van der Waals surface area contributed by atoms with Crippen LogP contribution in [0, 0.1) is 0 Å². The zero-order chi connectivity index (χ0) is 29.0. The number of thiol groups is 1. The largest absolute Gasteiger partial charge is 0.340 e. The summed E-state index contributed by atoms with van der Waals surface area (Å²) in [4.78, 5) is 32.7. The molecular weight excluding hydrogens is 504 g/mol. The van der Waals surface area contributed by atoms with E-state index in [1.807, 2.05) is 112 Å². The number of carbonyl (C=O) groups excluding carboxylic acids is 2. The molecule has 7 heteroatoms. The topological polar surface area (TPSA) is 74.3 Å². The fraction of sp³-hybridized carbons (Fsp3) is 0.406. The molecule has 39 heavy (non-hydrogen) atoms. The molecule has 3 rings (SSSR count). The highest BCUT2D eigenvalue weighted by Gasteiger charge is 2.35. The van der Waals surface area contributed by atoms with Gasteiger partial charge in [-0.05, 0) is 56.2 Å². The Kier molecular flexibility index (Phi) is 17.0. The van der Waals surface area contributed by atoms with Crippen LogP contribution in [0.25, 0.3) is 0 Å². The van der Waals surface area contributed by atoms with Crippen LogP contribution in [0.3, 0.4) is 0 Å². The highest BCUT2D eigenvalue weighted by molar-refractivity contribution is 7.79. The lowest BCUT2D eigenvalue weighted by Gasteiger charge is -2.34. The summed E-state index contributed by atoms with van der Waals surface area (Å²) in [6.07, 6.45) is 5.92. The molecule has 0 aliphatic rings. The Morgan fingerprint density at radius 3 is 2.00 bits per heavy atom. The average Bonchev–Trinajstić information content (AvgIpc) is 2.99. The van der Waals surface area contributed by atoms with E-state index in [4.69, 9.17) is 0 Å². The molecule has 2 unspecified atom stereocenters. The van der Waals surface area contributed by atoms with Gasteiger partial charge in [0.2, 0.25) is 5.91 Å². The summed E-state index contributed by atoms with van der Waals surface area (Å²) in [7, 11) is 0. The molecule has 0 saturated heterocycles. The van der Waals surface area contributed by atoms with Crippen LogP contribution in [0.4, 0.5) is 4.79 Å². The van der Waals surface area contributed by atoms with Crippen molar-refractivity contribution in [3.05, 3.63) is 102 Å². The van der Waals surface area contributed by atoms with Crippen LogP contribution in [0.15, 0.2) is 85.2 Å². The zero-order valence-electron chi connectivity index (χ0n) is 24.3. The van der Waals surface area contributed by atoms with E-state index in [1.54, 1.807) is 18.6 Å². The monoisotopic (exact) mass is 550 g/mol. The number of nitrogens with zero attached hydrogens (tertiary/aromatic N) is 2. The first-order valence-electron chi connectivity index (χ1n) is 13.8. The molecule has 2 N–H and O–H groups in total. The van der Waals surface area contributed by atoms with Crippen molar-refractivity contribution in [1.29, 1.82) is 0 Å². The summed E-state index contributed by atoms with van der Waals surface area (Å²) in [5, 5.41) is 5.96. The summed E-state index contributed by atoms with van der Waals surface area (Å²) in [6.45, 7) is 11.5. The normalized spacial score (nSPS) is 11.6. The van der Waals surface area contributed by atoms with Crippen molar-refractivity contribution in [3.8, 4) is 0 Å². The first-order chi connectivity index (χ1) is 19.0. The first kappa shape index (κ1) is 33.7. The summed E-state index contributed by atoms with van der Waals surface area (Å²) < 4.78 is 0. The van der Waals surface area contributed by atoms with Crippen molar-refractivity contribution in [2.75, 3.05) is 25.9 Å². The number of hydrogen-bond donors (Lipinski definition) is 3. The lowest BCUT2D eigenvalue weighted by Crippen LogP contribution is -2.45. The highest BCUT2D eigenvalue weighted by Crippen LogP contribution is 2.34. The summed E-state index contributed by atoms with van der Waals surface area (Å²) in [5.41, 5.74) is 3.02.